The first kappa shape index (κ1) is 12.3. The molecule has 0 aliphatic carbocycles. The molecular formula is C13H24N2. The van der Waals surface area contributed by atoms with E-state index in [0.717, 1.165) is 6.54 Å². The van der Waals surface area contributed by atoms with Crippen molar-refractivity contribution in [2.75, 3.05) is 0 Å². The van der Waals surface area contributed by atoms with Crippen LogP contribution in [0.5, 0.6) is 0 Å². The third-order valence-corrected chi connectivity index (χ3v) is 3.50. The van der Waals surface area contributed by atoms with Gasteiger partial charge in [-0.15, -0.1) is 0 Å². The minimum Gasteiger partial charge on any atom is -0.269 e. The molecule has 0 spiro atoms. The summed E-state index contributed by atoms with van der Waals surface area (Å²) in [7, 11) is 0. The van der Waals surface area contributed by atoms with Crippen molar-refractivity contribution in [1.82, 2.24) is 9.78 Å². The molecule has 0 N–H and O–H groups in total. The Kier molecular flexibility index (Phi) is 4.37. The Hall–Kier alpha value is -0.790. The topological polar surface area (TPSA) is 17.8 Å². The average Bonchev–Trinajstić information content (AvgIpc) is 2.74. The van der Waals surface area contributed by atoms with E-state index in [-0.39, 0.29) is 0 Å². The first-order valence-corrected chi connectivity index (χ1v) is 6.20. The highest BCUT2D eigenvalue weighted by atomic mass is 15.3. The van der Waals surface area contributed by atoms with Crippen molar-refractivity contribution in [2.45, 2.75) is 65.3 Å². The number of hydrogen-bond donors (Lipinski definition) is 0. The van der Waals surface area contributed by atoms with Crippen molar-refractivity contribution < 1.29 is 0 Å². The Labute approximate surface area is 93.7 Å². The van der Waals surface area contributed by atoms with Crippen LogP contribution < -0.4 is 0 Å². The number of nitrogens with zero attached hydrogens (tertiary/aromatic N) is 2. The number of aryl methyl sites for hydroxylation is 1. The molecule has 1 rings (SSSR count). The highest BCUT2D eigenvalue weighted by Crippen LogP contribution is 2.32. The molecule has 0 aliphatic heterocycles. The molecule has 15 heavy (non-hydrogen) atoms. The highest BCUT2D eigenvalue weighted by Gasteiger charge is 2.26. The maximum Gasteiger partial charge on any atom is 0.0492 e. The number of hydrogen-bond acceptors (Lipinski definition) is 1. The van der Waals surface area contributed by atoms with E-state index in [0.29, 0.717) is 5.41 Å². The highest BCUT2D eigenvalue weighted by molar-refractivity contribution is 5.14. The predicted molar refractivity (Wildman–Crippen MR) is 65.1 cm³/mol. The molecule has 2 nitrogen and oxygen atoms in total. The zero-order valence-corrected chi connectivity index (χ0v) is 10.6. The smallest absolute Gasteiger partial charge is 0.0492 e. The molecule has 0 aromatic carbocycles. The molecule has 0 aliphatic rings. The minimum absolute atomic E-state index is 0.308. The van der Waals surface area contributed by atoms with E-state index in [1.165, 1.54) is 31.4 Å². The van der Waals surface area contributed by atoms with Gasteiger partial charge in [-0.2, -0.15) is 5.10 Å². The lowest BCUT2D eigenvalue weighted by Crippen LogP contribution is -2.25. The summed E-state index contributed by atoms with van der Waals surface area (Å²) in [6.07, 6.45) is 6.97. The van der Waals surface area contributed by atoms with Crippen LogP contribution in [0, 0.1) is 0 Å². The van der Waals surface area contributed by atoms with Gasteiger partial charge in [0.2, 0.25) is 0 Å². The third kappa shape index (κ3) is 2.61. The van der Waals surface area contributed by atoms with Crippen LogP contribution in [0.15, 0.2) is 12.3 Å². The van der Waals surface area contributed by atoms with Crippen LogP contribution in [-0.2, 0) is 12.0 Å². The molecular weight excluding hydrogens is 184 g/mol. The molecule has 1 atom stereocenters. The SMILES string of the molecule is CCCCC(C)(CC)c1ccnn1CC. The number of aromatic nitrogens is 2. The molecule has 2 heteroatoms. The summed E-state index contributed by atoms with van der Waals surface area (Å²) < 4.78 is 2.14. The molecule has 0 amide bonds. The molecule has 0 bridgehead atoms. The minimum atomic E-state index is 0.308. The first-order valence-electron chi connectivity index (χ1n) is 6.20. The van der Waals surface area contributed by atoms with Crippen LogP contribution in [0.25, 0.3) is 0 Å². The van der Waals surface area contributed by atoms with Crippen molar-refractivity contribution in [2.24, 2.45) is 0 Å². The van der Waals surface area contributed by atoms with Gasteiger partial charge in [0, 0.05) is 23.9 Å². The fourth-order valence-corrected chi connectivity index (χ4v) is 2.15. The van der Waals surface area contributed by atoms with Gasteiger partial charge in [0.1, 0.15) is 0 Å². The summed E-state index contributed by atoms with van der Waals surface area (Å²) in [6, 6.07) is 2.18. The Balaban J connectivity index is 2.89. The maximum absolute atomic E-state index is 4.37. The summed E-state index contributed by atoms with van der Waals surface area (Å²) in [6.45, 7) is 10.0. The quantitative estimate of drug-likeness (QED) is 0.696. The van der Waals surface area contributed by atoms with E-state index in [9.17, 15) is 0 Å². The second-order valence-electron chi connectivity index (χ2n) is 4.55. The largest absolute Gasteiger partial charge is 0.269 e. The van der Waals surface area contributed by atoms with Crippen LogP contribution in [0.3, 0.4) is 0 Å². The lowest BCUT2D eigenvalue weighted by atomic mass is 9.79. The zero-order valence-electron chi connectivity index (χ0n) is 10.6. The molecule has 86 valence electrons. The van der Waals surface area contributed by atoms with E-state index < -0.39 is 0 Å². The molecule has 1 aromatic rings. The van der Waals surface area contributed by atoms with Gasteiger partial charge in [-0.3, -0.25) is 4.68 Å². The monoisotopic (exact) mass is 208 g/mol. The fourth-order valence-electron chi connectivity index (χ4n) is 2.15. The van der Waals surface area contributed by atoms with Crippen LogP contribution in [0.1, 0.15) is 59.1 Å². The van der Waals surface area contributed by atoms with Gasteiger partial charge in [0.05, 0.1) is 0 Å². The molecule has 0 fully saturated rings. The van der Waals surface area contributed by atoms with Crippen molar-refractivity contribution in [3.63, 3.8) is 0 Å². The summed E-state index contributed by atoms with van der Waals surface area (Å²) in [5.41, 5.74) is 1.71. The zero-order chi connectivity index (χ0) is 11.3. The maximum atomic E-state index is 4.37. The predicted octanol–water partition coefficient (Wildman–Crippen LogP) is 3.76. The van der Waals surface area contributed by atoms with E-state index >= 15 is 0 Å². The Morgan fingerprint density at radius 1 is 1.33 bits per heavy atom. The van der Waals surface area contributed by atoms with Crippen molar-refractivity contribution in [3.8, 4) is 0 Å². The molecule has 0 saturated carbocycles. The van der Waals surface area contributed by atoms with E-state index in [4.69, 9.17) is 0 Å². The molecule has 0 radical (unpaired) electrons. The van der Waals surface area contributed by atoms with Gasteiger partial charge in [-0.05, 0) is 25.8 Å². The number of rotatable bonds is 6. The molecule has 1 heterocycles. The molecule has 1 aromatic heterocycles. The summed E-state index contributed by atoms with van der Waals surface area (Å²) in [4.78, 5) is 0. The third-order valence-electron chi connectivity index (χ3n) is 3.50. The number of unbranched alkanes of at least 4 members (excludes halogenated alkanes) is 1. The second kappa shape index (κ2) is 5.34. The van der Waals surface area contributed by atoms with Crippen molar-refractivity contribution in [3.05, 3.63) is 18.0 Å². The Morgan fingerprint density at radius 2 is 2.07 bits per heavy atom. The fraction of sp³-hybridized carbons (Fsp3) is 0.769. The molecule has 1 unspecified atom stereocenters. The van der Waals surface area contributed by atoms with Gasteiger partial charge >= 0.3 is 0 Å². The van der Waals surface area contributed by atoms with Crippen molar-refractivity contribution >= 4 is 0 Å². The average molecular weight is 208 g/mol. The normalized spacial score (nSPS) is 15.2. The van der Waals surface area contributed by atoms with Crippen LogP contribution >= 0.6 is 0 Å². The Bertz CT molecular complexity index is 290. The second-order valence-corrected chi connectivity index (χ2v) is 4.55. The molecule has 0 saturated heterocycles. The van der Waals surface area contributed by atoms with Crippen LogP contribution in [0.2, 0.25) is 0 Å². The Morgan fingerprint density at radius 3 is 2.60 bits per heavy atom. The van der Waals surface area contributed by atoms with E-state index in [1.807, 2.05) is 6.20 Å². The standard InChI is InChI=1S/C13H24N2/c1-5-8-10-13(4,6-2)12-9-11-14-15(12)7-3/h9,11H,5-8,10H2,1-4H3. The van der Waals surface area contributed by atoms with Gasteiger partial charge in [-0.1, -0.05) is 33.6 Å². The lowest BCUT2D eigenvalue weighted by Gasteiger charge is -2.29. The summed E-state index contributed by atoms with van der Waals surface area (Å²) in [5.74, 6) is 0. The first-order chi connectivity index (χ1) is 7.18. The van der Waals surface area contributed by atoms with Gasteiger partial charge < -0.3 is 0 Å². The van der Waals surface area contributed by atoms with E-state index in [2.05, 4.69) is 43.5 Å². The summed E-state index contributed by atoms with van der Waals surface area (Å²) in [5, 5.41) is 4.37. The summed E-state index contributed by atoms with van der Waals surface area (Å²) >= 11 is 0. The van der Waals surface area contributed by atoms with Crippen LogP contribution in [-0.4, -0.2) is 9.78 Å². The lowest BCUT2D eigenvalue weighted by molar-refractivity contribution is 0.369. The van der Waals surface area contributed by atoms with Gasteiger partial charge in [-0.25, -0.2) is 0 Å². The van der Waals surface area contributed by atoms with Gasteiger partial charge in [0.25, 0.3) is 0 Å². The van der Waals surface area contributed by atoms with Crippen LogP contribution in [0.4, 0.5) is 0 Å². The van der Waals surface area contributed by atoms with E-state index in [1.54, 1.807) is 0 Å². The van der Waals surface area contributed by atoms with Crippen molar-refractivity contribution in [1.29, 1.82) is 0 Å². The van der Waals surface area contributed by atoms with Gasteiger partial charge in [0.15, 0.2) is 0 Å².